The first kappa shape index (κ1) is 12.7. The summed E-state index contributed by atoms with van der Waals surface area (Å²) in [4.78, 5) is 22.6. The topological polar surface area (TPSA) is 80.2 Å². The van der Waals surface area contributed by atoms with Crippen LogP contribution in [0.1, 0.15) is 16.8 Å². The molecule has 0 N–H and O–H groups in total. The van der Waals surface area contributed by atoms with E-state index in [1.54, 1.807) is 35.5 Å². The smallest absolute Gasteiger partial charge is 0.254 e. The first-order chi connectivity index (χ1) is 10.0. The van der Waals surface area contributed by atoms with Gasteiger partial charge in [-0.25, -0.2) is 8.42 Å². The van der Waals surface area contributed by atoms with Gasteiger partial charge in [-0.15, -0.1) is 0 Å². The Morgan fingerprint density at radius 2 is 1.95 bits per heavy atom. The number of fused-ring (bicyclic) bond motifs is 3. The van der Waals surface area contributed by atoms with E-state index in [0.717, 1.165) is 5.52 Å². The van der Waals surface area contributed by atoms with Gasteiger partial charge in [0.1, 0.15) is 0 Å². The molecule has 2 aliphatic heterocycles. The van der Waals surface area contributed by atoms with Crippen LogP contribution in [0.2, 0.25) is 0 Å². The molecule has 1 aromatic carbocycles. The summed E-state index contributed by atoms with van der Waals surface area (Å²) in [6.07, 6.45) is 3.76. The van der Waals surface area contributed by atoms with Gasteiger partial charge < -0.3 is 4.90 Å². The molecule has 6 nitrogen and oxygen atoms in total. The van der Waals surface area contributed by atoms with Crippen LogP contribution in [-0.4, -0.2) is 52.8 Å². The number of hydrogen-bond acceptors (Lipinski definition) is 5. The SMILES string of the molecule is O=C(c1ccc2nccnc2c1)N1C[C@H]2C[C@H]1CS2(=O)=O. The van der Waals surface area contributed by atoms with Crippen molar-refractivity contribution in [2.24, 2.45) is 0 Å². The molecule has 0 saturated carbocycles. The fourth-order valence-corrected chi connectivity index (χ4v) is 5.23. The van der Waals surface area contributed by atoms with Crippen molar-refractivity contribution in [2.75, 3.05) is 12.3 Å². The molecule has 2 fully saturated rings. The highest BCUT2D eigenvalue weighted by Crippen LogP contribution is 2.34. The maximum atomic E-state index is 12.6. The van der Waals surface area contributed by atoms with Crippen molar-refractivity contribution in [1.82, 2.24) is 14.9 Å². The van der Waals surface area contributed by atoms with Gasteiger partial charge in [0.2, 0.25) is 0 Å². The lowest BCUT2D eigenvalue weighted by Gasteiger charge is -2.26. The molecule has 1 amide bonds. The number of nitrogens with zero attached hydrogens (tertiary/aromatic N) is 3. The molecule has 2 saturated heterocycles. The van der Waals surface area contributed by atoms with Gasteiger partial charge in [0.25, 0.3) is 5.91 Å². The number of carbonyl (C=O) groups excluding carboxylic acids is 1. The second-order valence-electron chi connectivity index (χ2n) is 5.56. The predicted molar refractivity (Wildman–Crippen MR) is 76.6 cm³/mol. The van der Waals surface area contributed by atoms with Crippen molar-refractivity contribution < 1.29 is 13.2 Å². The van der Waals surface area contributed by atoms with Crippen LogP contribution < -0.4 is 0 Å². The quantitative estimate of drug-likeness (QED) is 0.772. The Morgan fingerprint density at radius 1 is 1.19 bits per heavy atom. The zero-order chi connectivity index (χ0) is 14.6. The van der Waals surface area contributed by atoms with E-state index in [1.165, 1.54) is 0 Å². The minimum absolute atomic E-state index is 0.0940. The number of carbonyl (C=O) groups is 1. The first-order valence-electron chi connectivity index (χ1n) is 6.78. The highest BCUT2D eigenvalue weighted by molar-refractivity contribution is 7.92. The maximum Gasteiger partial charge on any atom is 0.254 e. The number of likely N-dealkylation sites (tertiary alicyclic amines) is 1. The Hall–Kier alpha value is -2.02. The van der Waals surface area contributed by atoms with Crippen LogP contribution in [0.5, 0.6) is 0 Å². The molecule has 108 valence electrons. The second-order valence-corrected chi connectivity index (χ2v) is 7.88. The summed E-state index contributed by atoms with van der Waals surface area (Å²) in [5.74, 6) is -0.0264. The number of amides is 1. The number of hydrogen-bond donors (Lipinski definition) is 0. The summed E-state index contributed by atoms with van der Waals surface area (Å²) in [7, 11) is -2.99. The molecule has 4 rings (SSSR count). The molecular formula is C14H13N3O3S. The molecule has 2 aliphatic rings. The van der Waals surface area contributed by atoms with Crippen LogP contribution in [0.15, 0.2) is 30.6 Å². The van der Waals surface area contributed by atoms with Gasteiger partial charge in [0.05, 0.1) is 22.0 Å². The molecule has 21 heavy (non-hydrogen) atoms. The molecule has 0 unspecified atom stereocenters. The average molecular weight is 303 g/mol. The van der Waals surface area contributed by atoms with Crippen LogP contribution in [0.3, 0.4) is 0 Å². The lowest BCUT2D eigenvalue weighted by molar-refractivity contribution is 0.0746. The Kier molecular flexibility index (Phi) is 2.56. The highest BCUT2D eigenvalue weighted by Gasteiger charge is 2.50. The molecule has 0 radical (unpaired) electrons. The average Bonchev–Trinajstić information content (AvgIpc) is 3.02. The Bertz CT molecular complexity index is 849. The van der Waals surface area contributed by atoms with Gasteiger partial charge in [-0.05, 0) is 24.6 Å². The third-order valence-corrected chi connectivity index (χ3v) is 6.49. The Labute approximate surface area is 121 Å². The van der Waals surface area contributed by atoms with Crippen LogP contribution >= 0.6 is 0 Å². The first-order valence-corrected chi connectivity index (χ1v) is 8.49. The van der Waals surface area contributed by atoms with E-state index < -0.39 is 9.84 Å². The van der Waals surface area contributed by atoms with E-state index in [4.69, 9.17) is 0 Å². The van der Waals surface area contributed by atoms with Gasteiger partial charge in [-0.2, -0.15) is 0 Å². The third kappa shape index (κ3) is 1.91. The van der Waals surface area contributed by atoms with Gasteiger partial charge in [0.15, 0.2) is 9.84 Å². The summed E-state index contributed by atoms with van der Waals surface area (Å²) in [6.45, 7) is 0.310. The van der Waals surface area contributed by atoms with Crippen molar-refractivity contribution in [2.45, 2.75) is 17.7 Å². The summed E-state index contributed by atoms with van der Waals surface area (Å²) >= 11 is 0. The zero-order valence-corrected chi connectivity index (χ0v) is 12.0. The second kappa shape index (κ2) is 4.24. The fraction of sp³-hybridized carbons (Fsp3) is 0.357. The summed E-state index contributed by atoms with van der Waals surface area (Å²) in [5, 5.41) is -0.383. The van der Waals surface area contributed by atoms with E-state index >= 15 is 0 Å². The van der Waals surface area contributed by atoms with Crippen LogP contribution in [0, 0.1) is 0 Å². The highest BCUT2D eigenvalue weighted by atomic mass is 32.2. The van der Waals surface area contributed by atoms with E-state index in [1.807, 2.05) is 0 Å². The van der Waals surface area contributed by atoms with Gasteiger partial charge >= 0.3 is 0 Å². The van der Waals surface area contributed by atoms with E-state index in [-0.39, 0.29) is 23.0 Å². The Morgan fingerprint density at radius 3 is 2.62 bits per heavy atom. The van der Waals surface area contributed by atoms with Crippen molar-refractivity contribution in [3.05, 3.63) is 36.2 Å². The van der Waals surface area contributed by atoms with E-state index in [9.17, 15) is 13.2 Å². The Balaban J connectivity index is 1.66. The molecule has 0 aliphatic carbocycles. The monoisotopic (exact) mass is 303 g/mol. The van der Waals surface area contributed by atoms with Crippen molar-refractivity contribution in [3.8, 4) is 0 Å². The largest absolute Gasteiger partial charge is 0.333 e. The molecule has 0 spiro atoms. The standard InChI is InChI=1S/C14H13N3O3S/c18-14(17-7-11-6-10(17)8-21(11,19)20)9-1-2-12-13(5-9)16-4-3-15-12/h1-5,10-11H,6-8H2/t10-,11+/m0/s1. The summed E-state index contributed by atoms with van der Waals surface area (Å²) in [5.41, 5.74) is 1.94. The molecule has 2 atom stereocenters. The molecule has 1 aromatic heterocycles. The van der Waals surface area contributed by atoms with Gasteiger partial charge in [0, 0.05) is 30.5 Å². The van der Waals surface area contributed by atoms with E-state index in [0.29, 0.717) is 24.0 Å². The minimum atomic E-state index is -2.99. The normalized spacial score (nSPS) is 26.4. The van der Waals surface area contributed by atoms with Crippen molar-refractivity contribution >= 4 is 26.8 Å². The number of benzene rings is 1. The van der Waals surface area contributed by atoms with Crippen molar-refractivity contribution in [3.63, 3.8) is 0 Å². The lowest BCUT2D eigenvalue weighted by atomic mass is 10.1. The molecular weight excluding hydrogens is 290 g/mol. The number of sulfone groups is 1. The summed E-state index contributed by atoms with van der Waals surface area (Å²) < 4.78 is 23.5. The maximum absolute atomic E-state index is 12.6. The van der Waals surface area contributed by atoms with Gasteiger partial charge in [-0.3, -0.25) is 14.8 Å². The van der Waals surface area contributed by atoms with Crippen molar-refractivity contribution in [1.29, 1.82) is 0 Å². The summed E-state index contributed by atoms with van der Waals surface area (Å²) in [6, 6.07) is 5.02. The molecule has 2 bridgehead atoms. The van der Waals surface area contributed by atoms with Crippen LogP contribution in [-0.2, 0) is 9.84 Å². The van der Waals surface area contributed by atoms with E-state index in [2.05, 4.69) is 9.97 Å². The van der Waals surface area contributed by atoms with Crippen LogP contribution in [0.25, 0.3) is 11.0 Å². The van der Waals surface area contributed by atoms with Gasteiger partial charge in [-0.1, -0.05) is 0 Å². The minimum Gasteiger partial charge on any atom is -0.333 e. The number of rotatable bonds is 1. The molecule has 3 heterocycles. The fourth-order valence-electron chi connectivity index (χ4n) is 3.21. The third-order valence-electron chi connectivity index (χ3n) is 4.29. The lowest BCUT2D eigenvalue weighted by Crippen LogP contribution is -2.44. The number of aromatic nitrogens is 2. The predicted octanol–water partition coefficient (Wildman–Crippen LogP) is 0.641. The molecule has 7 heteroatoms. The zero-order valence-electron chi connectivity index (χ0n) is 11.1. The molecule has 2 aromatic rings. The van der Waals surface area contributed by atoms with Crippen LogP contribution in [0.4, 0.5) is 0 Å².